The molecule has 2 aromatic carbocycles. The lowest BCUT2D eigenvalue weighted by atomic mass is 10.2. The van der Waals surface area contributed by atoms with E-state index in [9.17, 15) is 9.59 Å². The minimum absolute atomic E-state index is 0.340. The number of methoxy groups -OCH3 is 1. The van der Waals surface area contributed by atoms with Crippen LogP contribution >= 0.6 is 11.6 Å². The van der Waals surface area contributed by atoms with Gasteiger partial charge in [-0.3, -0.25) is 4.79 Å². The van der Waals surface area contributed by atoms with E-state index < -0.39 is 11.2 Å². The van der Waals surface area contributed by atoms with Crippen molar-refractivity contribution in [2.45, 2.75) is 6.92 Å². The maximum atomic E-state index is 12.5. The number of para-hydroxylation sites is 1. The van der Waals surface area contributed by atoms with Crippen molar-refractivity contribution < 1.29 is 9.47 Å². The number of H-pyrrole nitrogens is 1. The zero-order valence-corrected chi connectivity index (χ0v) is 14.9. The van der Waals surface area contributed by atoms with E-state index >= 15 is 0 Å². The van der Waals surface area contributed by atoms with Crippen molar-refractivity contribution in [2.24, 2.45) is 5.10 Å². The molecule has 8 heteroatoms. The highest BCUT2D eigenvalue weighted by Gasteiger charge is 2.11. The summed E-state index contributed by atoms with van der Waals surface area (Å²) in [5.41, 5.74) is -0.131. The van der Waals surface area contributed by atoms with Gasteiger partial charge < -0.3 is 14.5 Å². The van der Waals surface area contributed by atoms with E-state index in [1.807, 2.05) is 6.92 Å². The number of aromatic nitrogens is 2. The standard InChI is InChI=1S/C18H16ClN3O4/c1-3-26-16-13(19)8-11(9-15(16)25-2)10-20-22-17(23)12-6-4-5-7-14(12)21-18(22)24/h4-10H,3H2,1-2H3,(H,21,24). The summed E-state index contributed by atoms with van der Waals surface area (Å²) in [7, 11) is 1.49. The molecule has 0 bridgehead atoms. The van der Waals surface area contributed by atoms with Gasteiger partial charge in [0.15, 0.2) is 11.5 Å². The first-order valence-corrected chi connectivity index (χ1v) is 8.21. The van der Waals surface area contributed by atoms with Gasteiger partial charge in [0.2, 0.25) is 0 Å². The summed E-state index contributed by atoms with van der Waals surface area (Å²) in [6.07, 6.45) is 1.36. The summed E-state index contributed by atoms with van der Waals surface area (Å²) in [6, 6.07) is 9.99. The van der Waals surface area contributed by atoms with Gasteiger partial charge in [0, 0.05) is 0 Å². The molecule has 1 aromatic heterocycles. The molecule has 1 heterocycles. The first-order chi connectivity index (χ1) is 12.5. The number of aromatic amines is 1. The third-order valence-electron chi connectivity index (χ3n) is 3.65. The minimum Gasteiger partial charge on any atom is -0.493 e. The van der Waals surface area contributed by atoms with Crippen molar-refractivity contribution in [2.75, 3.05) is 13.7 Å². The Morgan fingerprint density at radius 1 is 1.27 bits per heavy atom. The molecule has 0 aliphatic heterocycles. The Balaban J connectivity index is 2.06. The predicted molar refractivity (Wildman–Crippen MR) is 101 cm³/mol. The fourth-order valence-corrected chi connectivity index (χ4v) is 2.75. The highest BCUT2D eigenvalue weighted by atomic mass is 35.5. The normalized spacial score (nSPS) is 11.2. The molecule has 26 heavy (non-hydrogen) atoms. The third-order valence-corrected chi connectivity index (χ3v) is 3.93. The molecule has 7 nitrogen and oxygen atoms in total. The van der Waals surface area contributed by atoms with Crippen LogP contribution in [0.15, 0.2) is 51.1 Å². The number of benzene rings is 2. The fourth-order valence-electron chi connectivity index (χ4n) is 2.48. The molecule has 134 valence electrons. The third kappa shape index (κ3) is 3.34. The van der Waals surface area contributed by atoms with Crippen LogP contribution in [0.1, 0.15) is 12.5 Å². The van der Waals surface area contributed by atoms with Gasteiger partial charge in [-0.15, -0.1) is 4.68 Å². The van der Waals surface area contributed by atoms with E-state index in [0.717, 1.165) is 4.68 Å². The quantitative estimate of drug-likeness (QED) is 0.696. The van der Waals surface area contributed by atoms with Crippen molar-refractivity contribution in [3.05, 3.63) is 67.8 Å². The van der Waals surface area contributed by atoms with E-state index in [1.165, 1.54) is 13.3 Å². The number of hydrogen-bond donors (Lipinski definition) is 1. The second kappa shape index (κ2) is 7.45. The van der Waals surface area contributed by atoms with Crippen LogP contribution in [0.25, 0.3) is 10.9 Å². The molecule has 0 fully saturated rings. The smallest absolute Gasteiger partial charge is 0.349 e. The average Bonchev–Trinajstić information content (AvgIpc) is 2.63. The maximum Gasteiger partial charge on any atom is 0.349 e. The number of hydrogen-bond acceptors (Lipinski definition) is 5. The van der Waals surface area contributed by atoms with E-state index in [-0.39, 0.29) is 0 Å². The summed E-state index contributed by atoms with van der Waals surface area (Å²) in [4.78, 5) is 27.2. The van der Waals surface area contributed by atoms with Gasteiger partial charge in [-0.05, 0) is 36.8 Å². The zero-order chi connectivity index (χ0) is 18.7. The van der Waals surface area contributed by atoms with Gasteiger partial charge >= 0.3 is 5.69 Å². The van der Waals surface area contributed by atoms with Crippen LogP contribution in [0.2, 0.25) is 5.02 Å². The van der Waals surface area contributed by atoms with Crippen LogP contribution in [0.3, 0.4) is 0 Å². The monoisotopic (exact) mass is 373 g/mol. The fraction of sp³-hybridized carbons (Fsp3) is 0.167. The minimum atomic E-state index is -0.631. The topological polar surface area (TPSA) is 85.7 Å². The van der Waals surface area contributed by atoms with E-state index in [0.29, 0.717) is 39.6 Å². The van der Waals surface area contributed by atoms with Gasteiger partial charge in [-0.2, -0.15) is 5.10 Å². The molecule has 1 N–H and O–H groups in total. The predicted octanol–water partition coefficient (Wildman–Crippen LogP) is 2.63. The Bertz CT molecular complexity index is 1100. The van der Waals surface area contributed by atoms with Gasteiger partial charge in [-0.25, -0.2) is 4.79 Å². The highest BCUT2D eigenvalue weighted by Crippen LogP contribution is 2.35. The van der Waals surface area contributed by atoms with Crippen LogP contribution in [0, 0.1) is 0 Å². The molecule has 0 unspecified atom stereocenters. The van der Waals surface area contributed by atoms with E-state index in [1.54, 1.807) is 36.4 Å². The number of nitrogens with one attached hydrogen (secondary N) is 1. The van der Waals surface area contributed by atoms with Gasteiger partial charge in [0.1, 0.15) is 0 Å². The zero-order valence-electron chi connectivity index (χ0n) is 14.2. The van der Waals surface area contributed by atoms with E-state index in [2.05, 4.69) is 10.1 Å². The number of nitrogens with zero attached hydrogens (tertiary/aromatic N) is 2. The van der Waals surface area contributed by atoms with Crippen molar-refractivity contribution >= 4 is 28.7 Å². The molecular formula is C18H16ClN3O4. The van der Waals surface area contributed by atoms with Gasteiger partial charge in [0.25, 0.3) is 5.56 Å². The Hall–Kier alpha value is -3.06. The van der Waals surface area contributed by atoms with E-state index in [4.69, 9.17) is 21.1 Å². The molecule has 0 aliphatic rings. The molecule has 0 atom stereocenters. The largest absolute Gasteiger partial charge is 0.493 e. The van der Waals surface area contributed by atoms with Crippen molar-refractivity contribution in [1.29, 1.82) is 0 Å². The molecule has 0 saturated heterocycles. The van der Waals surface area contributed by atoms with Crippen LogP contribution in [0.5, 0.6) is 11.5 Å². The first-order valence-electron chi connectivity index (χ1n) is 7.84. The molecule has 0 radical (unpaired) electrons. The molecule has 3 aromatic rings. The second-order valence-electron chi connectivity index (χ2n) is 5.30. The van der Waals surface area contributed by atoms with Crippen LogP contribution in [-0.2, 0) is 0 Å². The molecule has 0 aliphatic carbocycles. The molecule has 0 amide bonds. The first kappa shape index (κ1) is 17.8. The lowest BCUT2D eigenvalue weighted by molar-refractivity contribution is 0.311. The summed E-state index contributed by atoms with van der Waals surface area (Å²) >= 11 is 6.21. The average molecular weight is 374 g/mol. The summed E-state index contributed by atoms with van der Waals surface area (Å²) in [5.74, 6) is 0.857. The SMILES string of the molecule is CCOc1c(Cl)cc(C=Nn2c(=O)[nH]c3ccccc3c2=O)cc1OC. The Morgan fingerprint density at radius 3 is 2.77 bits per heavy atom. The number of rotatable bonds is 5. The van der Waals surface area contributed by atoms with Crippen LogP contribution in [0.4, 0.5) is 0 Å². The molecular weight excluding hydrogens is 358 g/mol. The molecule has 3 rings (SSSR count). The van der Waals surface area contributed by atoms with Crippen molar-refractivity contribution in [1.82, 2.24) is 9.66 Å². The van der Waals surface area contributed by atoms with Gasteiger partial charge in [-0.1, -0.05) is 23.7 Å². The summed E-state index contributed by atoms with van der Waals surface area (Å²) in [5, 5.41) is 4.71. The Labute approximate surface area is 153 Å². The Morgan fingerprint density at radius 2 is 2.04 bits per heavy atom. The van der Waals surface area contributed by atoms with Crippen LogP contribution in [-0.4, -0.2) is 29.6 Å². The van der Waals surface area contributed by atoms with Gasteiger partial charge in [0.05, 0.1) is 35.9 Å². The number of ether oxygens (including phenoxy) is 2. The highest BCUT2D eigenvalue weighted by molar-refractivity contribution is 6.32. The molecule has 0 saturated carbocycles. The number of fused-ring (bicyclic) bond motifs is 1. The lowest BCUT2D eigenvalue weighted by Crippen LogP contribution is -2.32. The summed E-state index contributed by atoms with van der Waals surface area (Å²) in [6.45, 7) is 2.27. The lowest BCUT2D eigenvalue weighted by Gasteiger charge is -2.11. The second-order valence-corrected chi connectivity index (χ2v) is 5.71. The Kier molecular flexibility index (Phi) is 5.09. The molecule has 0 spiro atoms. The summed E-state index contributed by atoms with van der Waals surface area (Å²) < 4.78 is 11.5. The van der Waals surface area contributed by atoms with Crippen molar-refractivity contribution in [3.63, 3.8) is 0 Å². The van der Waals surface area contributed by atoms with Crippen molar-refractivity contribution in [3.8, 4) is 11.5 Å². The number of halogens is 1. The van der Waals surface area contributed by atoms with Crippen LogP contribution < -0.4 is 20.7 Å². The maximum absolute atomic E-state index is 12.5.